The normalized spacial score (nSPS) is 14.9. The second kappa shape index (κ2) is 6.62. The van der Waals surface area contributed by atoms with Crippen molar-refractivity contribution in [1.82, 2.24) is 0 Å². The summed E-state index contributed by atoms with van der Waals surface area (Å²) in [7, 11) is 1.61. The minimum Gasteiger partial charge on any atom is -0.497 e. The number of rotatable bonds is 6. The minimum atomic E-state index is -0.792. The summed E-state index contributed by atoms with van der Waals surface area (Å²) in [5, 5.41) is 0. The SMILES string of the molecule is COc1cccc(C(C)(Cc2ccccc2)C(N)C(N)=O)c1. The second-order valence-electron chi connectivity index (χ2n) is 5.69. The molecule has 0 aliphatic heterocycles. The Morgan fingerprint density at radius 2 is 1.86 bits per heavy atom. The van der Waals surface area contributed by atoms with Crippen LogP contribution in [0.3, 0.4) is 0 Å². The van der Waals surface area contributed by atoms with Gasteiger partial charge in [-0.1, -0.05) is 49.4 Å². The maximum Gasteiger partial charge on any atom is 0.235 e. The quantitative estimate of drug-likeness (QED) is 0.856. The molecular formula is C18H22N2O2. The van der Waals surface area contributed by atoms with Gasteiger partial charge in [-0.05, 0) is 29.7 Å². The summed E-state index contributed by atoms with van der Waals surface area (Å²) in [5.74, 6) is 0.217. The smallest absolute Gasteiger partial charge is 0.235 e. The van der Waals surface area contributed by atoms with Crippen molar-refractivity contribution in [3.8, 4) is 5.75 Å². The van der Waals surface area contributed by atoms with E-state index in [0.29, 0.717) is 6.42 Å². The first-order chi connectivity index (χ1) is 10.5. The molecule has 4 heteroatoms. The number of primary amides is 1. The van der Waals surface area contributed by atoms with E-state index in [0.717, 1.165) is 16.9 Å². The highest BCUT2D eigenvalue weighted by molar-refractivity contribution is 5.81. The highest BCUT2D eigenvalue weighted by atomic mass is 16.5. The molecule has 2 aromatic carbocycles. The standard InChI is InChI=1S/C18H22N2O2/c1-18(16(19)17(20)21,12-13-7-4-3-5-8-13)14-9-6-10-15(11-14)22-2/h3-11,16H,12,19H2,1-2H3,(H2,20,21). The Kier molecular flexibility index (Phi) is 4.83. The van der Waals surface area contributed by atoms with Crippen LogP contribution in [0.1, 0.15) is 18.1 Å². The molecule has 1 amide bonds. The van der Waals surface area contributed by atoms with Crippen LogP contribution in [0.5, 0.6) is 5.75 Å². The molecule has 0 saturated heterocycles. The van der Waals surface area contributed by atoms with Crippen molar-refractivity contribution in [1.29, 1.82) is 0 Å². The Morgan fingerprint density at radius 1 is 1.18 bits per heavy atom. The lowest BCUT2D eigenvalue weighted by molar-refractivity contribution is -0.120. The first kappa shape index (κ1) is 16.0. The number of amides is 1. The lowest BCUT2D eigenvalue weighted by atomic mass is 9.71. The van der Waals surface area contributed by atoms with Crippen molar-refractivity contribution < 1.29 is 9.53 Å². The Balaban J connectivity index is 2.47. The van der Waals surface area contributed by atoms with E-state index in [1.165, 1.54) is 0 Å². The van der Waals surface area contributed by atoms with Crippen molar-refractivity contribution in [2.24, 2.45) is 11.5 Å². The number of hydrogen-bond acceptors (Lipinski definition) is 3. The van der Waals surface area contributed by atoms with Crippen LogP contribution in [0.15, 0.2) is 54.6 Å². The van der Waals surface area contributed by atoms with E-state index < -0.39 is 17.4 Å². The Bertz CT molecular complexity index is 643. The fourth-order valence-electron chi connectivity index (χ4n) is 2.70. The number of methoxy groups -OCH3 is 1. The largest absolute Gasteiger partial charge is 0.497 e. The Morgan fingerprint density at radius 3 is 2.45 bits per heavy atom. The van der Waals surface area contributed by atoms with Crippen molar-refractivity contribution in [3.63, 3.8) is 0 Å². The van der Waals surface area contributed by atoms with E-state index in [-0.39, 0.29) is 0 Å². The van der Waals surface area contributed by atoms with Gasteiger partial charge in [0, 0.05) is 5.41 Å². The van der Waals surface area contributed by atoms with Crippen molar-refractivity contribution in [3.05, 3.63) is 65.7 Å². The number of carbonyl (C=O) groups is 1. The minimum absolute atomic E-state index is 0.513. The van der Waals surface area contributed by atoms with Gasteiger partial charge in [-0.2, -0.15) is 0 Å². The van der Waals surface area contributed by atoms with E-state index in [4.69, 9.17) is 16.2 Å². The summed E-state index contributed by atoms with van der Waals surface area (Å²) >= 11 is 0. The number of carbonyl (C=O) groups excluding carboxylic acids is 1. The first-order valence-electron chi connectivity index (χ1n) is 7.21. The third-order valence-corrected chi connectivity index (χ3v) is 4.14. The number of hydrogen-bond donors (Lipinski definition) is 2. The monoisotopic (exact) mass is 298 g/mol. The van der Waals surface area contributed by atoms with Crippen LogP contribution in [0.2, 0.25) is 0 Å². The van der Waals surface area contributed by atoms with Crippen LogP contribution >= 0.6 is 0 Å². The number of ether oxygens (including phenoxy) is 1. The maximum atomic E-state index is 11.7. The molecule has 0 heterocycles. The molecule has 0 radical (unpaired) electrons. The van der Waals surface area contributed by atoms with E-state index in [9.17, 15) is 4.79 Å². The van der Waals surface area contributed by atoms with Crippen LogP contribution in [0.25, 0.3) is 0 Å². The van der Waals surface area contributed by atoms with E-state index in [1.54, 1.807) is 7.11 Å². The van der Waals surface area contributed by atoms with Crippen LogP contribution < -0.4 is 16.2 Å². The molecule has 0 aliphatic carbocycles. The van der Waals surface area contributed by atoms with Gasteiger partial charge in [0.25, 0.3) is 0 Å². The molecule has 0 aromatic heterocycles. The van der Waals surface area contributed by atoms with Gasteiger partial charge in [0.2, 0.25) is 5.91 Å². The fourth-order valence-corrected chi connectivity index (χ4v) is 2.70. The summed E-state index contributed by atoms with van der Waals surface area (Å²) in [4.78, 5) is 11.7. The molecule has 0 bridgehead atoms. The predicted octanol–water partition coefficient (Wildman–Crippen LogP) is 2.01. The van der Waals surface area contributed by atoms with Crippen LogP contribution in [0.4, 0.5) is 0 Å². The van der Waals surface area contributed by atoms with Gasteiger partial charge >= 0.3 is 0 Å². The first-order valence-corrected chi connectivity index (χ1v) is 7.21. The highest BCUT2D eigenvalue weighted by Crippen LogP contribution is 2.33. The zero-order chi connectivity index (χ0) is 16.2. The molecular weight excluding hydrogens is 276 g/mol. The topological polar surface area (TPSA) is 78.3 Å². The van der Waals surface area contributed by atoms with Gasteiger partial charge in [-0.15, -0.1) is 0 Å². The van der Waals surface area contributed by atoms with E-state index >= 15 is 0 Å². The maximum absolute atomic E-state index is 11.7. The van der Waals surface area contributed by atoms with Crippen molar-refractivity contribution >= 4 is 5.91 Å². The van der Waals surface area contributed by atoms with Crippen LogP contribution in [-0.4, -0.2) is 19.1 Å². The zero-order valence-electron chi connectivity index (χ0n) is 13.0. The molecule has 2 rings (SSSR count). The number of nitrogens with two attached hydrogens (primary N) is 2. The Labute approximate surface area is 131 Å². The van der Waals surface area contributed by atoms with Gasteiger partial charge in [0.05, 0.1) is 13.2 Å². The number of benzene rings is 2. The van der Waals surface area contributed by atoms with Gasteiger partial charge in [-0.25, -0.2) is 0 Å². The van der Waals surface area contributed by atoms with Crippen LogP contribution in [-0.2, 0) is 16.6 Å². The van der Waals surface area contributed by atoms with Crippen molar-refractivity contribution in [2.45, 2.75) is 24.8 Å². The average molecular weight is 298 g/mol. The molecule has 22 heavy (non-hydrogen) atoms. The highest BCUT2D eigenvalue weighted by Gasteiger charge is 2.37. The third-order valence-electron chi connectivity index (χ3n) is 4.14. The molecule has 4 nitrogen and oxygen atoms in total. The fraction of sp³-hybridized carbons (Fsp3) is 0.278. The summed E-state index contributed by atoms with van der Waals surface area (Å²) in [6, 6.07) is 16.8. The van der Waals surface area contributed by atoms with Gasteiger partial charge in [-0.3, -0.25) is 4.79 Å². The third kappa shape index (κ3) is 3.28. The summed E-state index contributed by atoms with van der Waals surface area (Å²) in [5.41, 5.74) is 13.1. The molecule has 0 aliphatic rings. The molecule has 2 aromatic rings. The molecule has 2 unspecified atom stereocenters. The summed E-state index contributed by atoms with van der Waals surface area (Å²) in [6.07, 6.45) is 0.616. The lowest BCUT2D eigenvalue weighted by Crippen LogP contribution is -2.52. The van der Waals surface area contributed by atoms with E-state index in [1.807, 2.05) is 61.5 Å². The van der Waals surface area contributed by atoms with E-state index in [2.05, 4.69) is 0 Å². The molecule has 0 fully saturated rings. The van der Waals surface area contributed by atoms with Gasteiger partial charge in [0.1, 0.15) is 5.75 Å². The molecule has 4 N–H and O–H groups in total. The summed E-state index contributed by atoms with van der Waals surface area (Å²) in [6.45, 7) is 1.96. The summed E-state index contributed by atoms with van der Waals surface area (Å²) < 4.78 is 5.28. The molecule has 116 valence electrons. The lowest BCUT2D eigenvalue weighted by Gasteiger charge is -2.34. The molecule has 0 saturated carbocycles. The average Bonchev–Trinajstić information content (AvgIpc) is 2.54. The Hall–Kier alpha value is -2.33. The molecule has 2 atom stereocenters. The second-order valence-corrected chi connectivity index (χ2v) is 5.69. The van der Waals surface area contributed by atoms with Crippen LogP contribution in [0, 0.1) is 0 Å². The van der Waals surface area contributed by atoms with Gasteiger partial charge in [0.15, 0.2) is 0 Å². The molecule has 0 spiro atoms. The van der Waals surface area contributed by atoms with Crippen molar-refractivity contribution in [2.75, 3.05) is 7.11 Å². The van der Waals surface area contributed by atoms with Gasteiger partial charge < -0.3 is 16.2 Å². The zero-order valence-corrected chi connectivity index (χ0v) is 13.0. The predicted molar refractivity (Wildman–Crippen MR) is 87.7 cm³/mol.